The molecule has 2 rings (SSSR count). The molecular weight excluding hydrogens is 383 g/mol. The van der Waals surface area contributed by atoms with Crippen LogP contribution in [0.2, 0.25) is 0 Å². The predicted octanol–water partition coefficient (Wildman–Crippen LogP) is 3.69. The molecule has 0 radical (unpaired) electrons. The number of esters is 1. The fraction of sp³-hybridized carbons (Fsp3) is 0.353. The number of ether oxygens (including phenoxy) is 2. The number of hydrogen-bond donors (Lipinski definition) is 1. The summed E-state index contributed by atoms with van der Waals surface area (Å²) in [5.74, 6) is -0.504. The highest BCUT2D eigenvalue weighted by Crippen LogP contribution is 2.33. The summed E-state index contributed by atoms with van der Waals surface area (Å²) in [7, 11) is 1.55. The van der Waals surface area contributed by atoms with Gasteiger partial charge in [0.05, 0.1) is 5.56 Å². The minimum absolute atomic E-state index is 0.0721. The Kier molecular flexibility index (Phi) is 7.03. The van der Waals surface area contributed by atoms with Crippen molar-refractivity contribution >= 4 is 24.8 Å². The molecule has 0 fully saturated rings. The van der Waals surface area contributed by atoms with Gasteiger partial charge >= 0.3 is 12.1 Å². The Morgan fingerprint density at radius 1 is 1.37 bits per heavy atom. The maximum Gasteiger partial charge on any atom is 0.416 e. The summed E-state index contributed by atoms with van der Waals surface area (Å²) in [4.78, 5) is 15.8. The van der Waals surface area contributed by atoms with Crippen molar-refractivity contribution in [3.8, 4) is 11.4 Å². The molecule has 0 saturated carbocycles. The quantitative estimate of drug-likeness (QED) is 0.435. The fourth-order valence-electron chi connectivity index (χ4n) is 2.10. The molecule has 0 saturated heterocycles. The minimum atomic E-state index is -4.50. The van der Waals surface area contributed by atoms with E-state index < -0.39 is 17.7 Å². The van der Waals surface area contributed by atoms with Crippen molar-refractivity contribution in [3.63, 3.8) is 0 Å². The van der Waals surface area contributed by atoms with Gasteiger partial charge in [0.15, 0.2) is 5.82 Å². The highest BCUT2D eigenvalue weighted by Gasteiger charge is 2.31. The van der Waals surface area contributed by atoms with Gasteiger partial charge in [-0.2, -0.15) is 13.2 Å². The van der Waals surface area contributed by atoms with Gasteiger partial charge in [0, 0.05) is 42.9 Å². The third-order valence-corrected chi connectivity index (χ3v) is 3.68. The van der Waals surface area contributed by atoms with Crippen molar-refractivity contribution in [3.05, 3.63) is 36.2 Å². The van der Waals surface area contributed by atoms with E-state index in [0.29, 0.717) is 13.0 Å². The Labute approximate surface area is 159 Å². The van der Waals surface area contributed by atoms with Crippen LogP contribution in [-0.4, -0.2) is 40.6 Å². The van der Waals surface area contributed by atoms with Gasteiger partial charge in [-0.1, -0.05) is 0 Å². The van der Waals surface area contributed by atoms with E-state index in [1.54, 1.807) is 14.0 Å². The molecule has 6 nitrogen and oxygen atoms in total. The van der Waals surface area contributed by atoms with Crippen LogP contribution in [-0.2, 0) is 20.4 Å². The highest BCUT2D eigenvalue weighted by atomic mass is 32.1. The zero-order valence-corrected chi connectivity index (χ0v) is 15.5. The van der Waals surface area contributed by atoms with Crippen molar-refractivity contribution < 1.29 is 27.4 Å². The normalized spacial score (nSPS) is 13.1. The lowest BCUT2D eigenvalue weighted by Crippen LogP contribution is -2.15. The molecular formula is C17H18F3N3O3S. The van der Waals surface area contributed by atoms with Crippen molar-refractivity contribution in [2.45, 2.75) is 30.5 Å². The lowest BCUT2D eigenvalue weighted by Gasteiger charge is -2.10. The zero-order valence-electron chi connectivity index (χ0n) is 14.6. The third-order valence-electron chi connectivity index (χ3n) is 3.42. The van der Waals surface area contributed by atoms with Crippen LogP contribution in [0.3, 0.4) is 0 Å². The average molecular weight is 401 g/mol. The van der Waals surface area contributed by atoms with Gasteiger partial charge in [-0.25, -0.2) is 14.5 Å². The van der Waals surface area contributed by atoms with Crippen LogP contribution in [0.25, 0.3) is 17.6 Å². The number of thiol groups is 1. The summed E-state index contributed by atoms with van der Waals surface area (Å²) < 4.78 is 50.0. The van der Waals surface area contributed by atoms with Gasteiger partial charge < -0.3 is 9.47 Å². The number of carbonyl (C=O) groups is 1. The van der Waals surface area contributed by atoms with E-state index >= 15 is 0 Å². The molecule has 0 bridgehead atoms. The standard InChI is InChI=1S/C17H18F3N3O3S/c1-11(4-6-25-2)26-15(24)3-5-23-10-21-16(22-23)12-7-13(17(18,19)20)9-14(27)8-12/h3,5,7-11,27H,4,6H2,1-2H3/b5-3-. The van der Waals surface area contributed by atoms with E-state index in [1.807, 2.05) is 0 Å². The first-order chi connectivity index (χ1) is 12.7. The maximum absolute atomic E-state index is 12.9. The predicted molar refractivity (Wildman–Crippen MR) is 95.1 cm³/mol. The number of halogens is 3. The molecule has 0 spiro atoms. The van der Waals surface area contributed by atoms with Crippen LogP contribution >= 0.6 is 12.6 Å². The highest BCUT2D eigenvalue weighted by molar-refractivity contribution is 7.80. The number of carbonyl (C=O) groups excluding carboxylic acids is 1. The van der Waals surface area contributed by atoms with Crippen LogP contribution in [0, 0.1) is 0 Å². The number of rotatable bonds is 7. The summed E-state index contributed by atoms with van der Waals surface area (Å²) in [6.45, 7) is 2.20. The number of methoxy groups -OCH3 is 1. The SMILES string of the molecule is COCCC(C)OC(=O)/C=C\n1cnc(-c2cc(S)cc(C(F)(F)F)c2)n1. The minimum Gasteiger partial charge on any atom is -0.459 e. The van der Waals surface area contributed by atoms with Crippen LogP contribution in [0.15, 0.2) is 35.5 Å². The maximum atomic E-state index is 12.9. The second kappa shape index (κ2) is 9.05. The molecule has 10 heteroatoms. The van der Waals surface area contributed by atoms with E-state index in [9.17, 15) is 18.0 Å². The van der Waals surface area contributed by atoms with Gasteiger partial charge in [0.25, 0.3) is 0 Å². The Bertz CT molecular complexity index is 821. The topological polar surface area (TPSA) is 66.2 Å². The van der Waals surface area contributed by atoms with Crippen molar-refractivity contribution in [1.29, 1.82) is 0 Å². The molecule has 2 aromatic rings. The van der Waals surface area contributed by atoms with Gasteiger partial charge in [-0.3, -0.25) is 0 Å². The smallest absolute Gasteiger partial charge is 0.416 e. The first kappa shape index (κ1) is 21.0. The second-order valence-electron chi connectivity index (χ2n) is 5.66. The summed E-state index contributed by atoms with van der Waals surface area (Å²) in [6, 6.07) is 3.28. The van der Waals surface area contributed by atoms with E-state index in [4.69, 9.17) is 9.47 Å². The lowest BCUT2D eigenvalue weighted by molar-refractivity contribution is -0.142. The van der Waals surface area contributed by atoms with Crippen molar-refractivity contribution in [1.82, 2.24) is 14.8 Å². The van der Waals surface area contributed by atoms with Crippen molar-refractivity contribution in [2.24, 2.45) is 0 Å². The zero-order chi connectivity index (χ0) is 20.0. The Morgan fingerprint density at radius 3 is 2.78 bits per heavy atom. The molecule has 1 aromatic heterocycles. The first-order valence-electron chi connectivity index (χ1n) is 7.89. The number of nitrogens with zero attached hydrogens (tertiary/aromatic N) is 3. The van der Waals surface area contributed by atoms with E-state index in [0.717, 1.165) is 18.2 Å². The Morgan fingerprint density at radius 2 is 2.11 bits per heavy atom. The molecule has 0 N–H and O–H groups in total. The summed E-state index contributed by atoms with van der Waals surface area (Å²) in [6.07, 6.45) is -0.530. The lowest BCUT2D eigenvalue weighted by atomic mass is 10.1. The van der Waals surface area contributed by atoms with E-state index in [1.165, 1.54) is 23.3 Å². The molecule has 1 atom stereocenters. The third kappa shape index (κ3) is 6.40. The summed E-state index contributed by atoms with van der Waals surface area (Å²) >= 11 is 3.99. The monoisotopic (exact) mass is 401 g/mol. The number of aromatic nitrogens is 3. The Hall–Kier alpha value is -2.33. The number of alkyl halides is 3. The number of benzene rings is 1. The van der Waals surface area contributed by atoms with Gasteiger partial charge in [0.1, 0.15) is 12.4 Å². The van der Waals surface area contributed by atoms with Gasteiger partial charge in [-0.15, -0.1) is 17.7 Å². The number of hydrogen-bond acceptors (Lipinski definition) is 6. The molecule has 0 amide bonds. The molecule has 146 valence electrons. The van der Waals surface area contributed by atoms with E-state index in [2.05, 4.69) is 22.7 Å². The molecule has 0 aliphatic rings. The first-order valence-corrected chi connectivity index (χ1v) is 8.34. The largest absolute Gasteiger partial charge is 0.459 e. The van der Waals surface area contributed by atoms with Crippen LogP contribution in [0.5, 0.6) is 0 Å². The van der Waals surface area contributed by atoms with E-state index in [-0.39, 0.29) is 22.4 Å². The van der Waals surface area contributed by atoms with Crippen LogP contribution in [0.4, 0.5) is 13.2 Å². The molecule has 1 aromatic carbocycles. The average Bonchev–Trinajstić information content (AvgIpc) is 3.06. The van der Waals surface area contributed by atoms with Gasteiger partial charge in [-0.05, 0) is 25.1 Å². The molecule has 0 aliphatic carbocycles. The molecule has 1 heterocycles. The fourth-order valence-corrected chi connectivity index (χ4v) is 2.38. The van der Waals surface area contributed by atoms with Crippen LogP contribution in [0.1, 0.15) is 18.9 Å². The van der Waals surface area contributed by atoms with Crippen molar-refractivity contribution in [2.75, 3.05) is 13.7 Å². The second-order valence-corrected chi connectivity index (χ2v) is 6.18. The molecule has 0 aliphatic heterocycles. The Balaban J connectivity index is 2.09. The molecule has 27 heavy (non-hydrogen) atoms. The van der Waals surface area contributed by atoms with Crippen LogP contribution < -0.4 is 0 Å². The van der Waals surface area contributed by atoms with Gasteiger partial charge in [0.2, 0.25) is 0 Å². The summed E-state index contributed by atoms with van der Waals surface area (Å²) in [5.41, 5.74) is -0.678. The molecule has 1 unspecified atom stereocenters. The summed E-state index contributed by atoms with van der Waals surface area (Å²) in [5, 5.41) is 4.04.